The van der Waals surface area contributed by atoms with Gasteiger partial charge in [0.05, 0.1) is 0 Å². The average Bonchev–Trinajstić information content (AvgIpc) is 2.50. The summed E-state index contributed by atoms with van der Waals surface area (Å²) in [6.07, 6.45) is 5.61. The summed E-state index contributed by atoms with van der Waals surface area (Å²) in [5, 5.41) is 6.95. The van der Waals surface area contributed by atoms with Crippen LogP contribution in [0.2, 0.25) is 0 Å². The van der Waals surface area contributed by atoms with Crippen molar-refractivity contribution in [2.75, 3.05) is 26.2 Å². The van der Waals surface area contributed by atoms with Crippen LogP contribution in [0.1, 0.15) is 39.5 Å². The molecule has 2 saturated heterocycles. The van der Waals surface area contributed by atoms with Gasteiger partial charge < -0.3 is 10.6 Å². The lowest BCUT2D eigenvalue weighted by atomic mass is 9.80. The minimum absolute atomic E-state index is 0.684. The molecule has 2 fully saturated rings. The van der Waals surface area contributed by atoms with Crippen LogP contribution in [0.4, 0.5) is 0 Å². The lowest BCUT2D eigenvalue weighted by Gasteiger charge is -2.25. The Hall–Kier alpha value is -0.0800. The molecule has 2 heteroatoms. The fourth-order valence-electron chi connectivity index (χ4n) is 2.41. The van der Waals surface area contributed by atoms with Crippen LogP contribution in [-0.2, 0) is 0 Å². The summed E-state index contributed by atoms with van der Waals surface area (Å²) in [4.78, 5) is 0. The van der Waals surface area contributed by atoms with Crippen molar-refractivity contribution in [3.63, 3.8) is 0 Å². The minimum Gasteiger partial charge on any atom is -0.317 e. The van der Waals surface area contributed by atoms with Crippen LogP contribution in [-0.4, -0.2) is 26.2 Å². The first-order chi connectivity index (χ1) is 6.41. The second kappa shape index (κ2) is 5.61. The molecule has 2 N–H and O–H groups in total. The predicted octanol–water partition coefficient (Wildman–Crippen LogP) is 1.77. The van der Waals surface area contributed by atoms with Gasteiger partial charge in [-0.25, -0.2) is 0 Å². The van der Waals surface area contributed by atoms with Crippen molar-refractivity contribution in [3.8, 4) is 0 Å². The topological polar surface area (TPSA) is 24.1 Å². The van der Waals surface area contributed by atoms with E-state index < -0.39 is 0 Å². The summed E-state index contributed by atoms with van der Waals surface area (Å²) in [6, 6.07) is 0. The van der Waals surface area contributed by atoms with Crippen LogP contribution in [0, 0.1) is 5.41 Å². The molecule has 0 saturated carbocycles. The maximum atomic E-state index is 3.48. The number of hydrogen-bond acceptors (Lipinski definition) is 2. The van der Waals surface area contributed by atoms with Crippen LogP contribution < -0.4 is 10.6 Å². The van der Waals surface area contributed by atoms with Gasteiger partial charge in [0.25, 0.3) is 0 Å². The molecular weight excluding hydrogens is 160 g/mol. The maximum absolute atomic E-state index is 3.48. The van der Waals surface area contributed by atoms with Crippen LogP contribution in [0.5, 0.6) is 0 Å². The molecule has 0 amide bonds. The van der Waals surface area contributed by atoms with Gasteiger partial charge >= 0.3 is 0 Å². The molecule has 0 radical (unpaired) electrons. The Morgan fingerprint density at radius 1 is 0.846 bits per heavy atom. The highest BCUT2D eigenvalue weighted by atomic mass is 14.9. The van der Waals surface area contributed by atoms with E-state index >= 15 is 0 Å². The molecule has 2 rings (SSSR count). The molecule has 1 unspecified atom stereocenters. The maximum Gasteiger partial charge on any atom is 0.000877 e. The first-order valence-corrected chi connectivity index (χ1v) is 5.83. The SMILES string of the molecule is C1CNCCC2(C1)CCNC2.CC. The lowest BCUT2D eigenvalue weighted by Crippen LogP contribution is -2.25. The van der Waals surface area contributed by atoms with Crippen molar-refractivity contribution >= 4 is 0 Å². The fraction of sp³-hybridized carbons (Fsp3) is 1.00. The Labute approximate surface area is 82.5 Å². The molecule has 1 atom stereocenters. The van der Waals surface area contributed by atoms with E-state index in [1.807, 2.05) is 13.8 Å². The Morgan fingerprint density at radius 3 is 2.23 bits per heavy atom. The Kier molecular flexibility index (Phi) is 4.74. The number of hydrogen-bond donors (Lipinski definition) is 2. The zero-order valence-corrected chi connectivity index (χ0v) is 9.16. The van der Waals surface area contributed by atoms with Crippen molar-refractivity contribution in [1.29, 1.82) is 0 Å². The third kappa shape index (κ3) is 2.96. The lowest BCUT2D eigenvalue weighted by molar-refractivity contribution is 0.285. The number of nitrogens with one attached hydrogen (secondary N) is 2. The molecule has 0 aliphatic carbocycles. The molecule has 2 aliphatic heterocycles. The molecule has 13 heavy (non-hydrogen) atoms. The molecule has 2 nitrogen and oxygen atoms in total. The highest BCUT2D eigenvalue weighted by Gasteiger charge is 2.33. The quantitative estimate of drug-likeness (QED) is 0.599. The van der Waals surface area contributed by atoms with Gasteiger partial charge in [0.1, 0.15) is 0 Å². The van der Waals surface area contributed by atoms with E-state index in [2.05, 4.69) is 10.6 Å². The molecule has 78 valence electrons. The van der Waals surface area contributed by atoms with E-state index in [1.54, 1.807) is 0 Å². The van der Waals surface area contributed by atoms with E-state index in [9.17, 15) is 0 Å². The Bertz CT molecular complexity index is 118. The third-order valence-electron chi connectivity index (χ3n) is 3.22. The van der Waals surface area contributed by atoms with E-state index in [0.29, 0.717) is 5.41 Å². The van der Waals surface area contributed by atoms with Gasteiger partial charge in [0.15, 0.2) is 0 Å². The van der Waals surface area contributed by atoms with Crippen LogP contribution in [0.15, 0.2) is 0 Å². The summed E-state index contributed by atoms with van der Waals surface area (Å²) < 4.78 is 0. The van der Waals surface area contributed by atoms with Gasteiger partial charge in [-0.1, -0.05) is 13.8 Å². The second-order valence-electron chi connectivity index (χ2n) is 4.03. The van der Waals surface area contributed by atoms with Crippen molar-refractivity contribution < 1.29 is 0 Å². The summed E-state index contributed by atoms with van der Waals surface area (Å²) in [6.45, 7) is 9.00. The largest absolute Gasteiger partial charge is 0.317 e. The van der Waals surface area contributed by atoms with Gasteiger partial charge in [-0.05, 0) is 50.7 Å². The molecule has 0 aromatic carbocycles. The normalized spacial score (nSPS) is 33.7. The molecule has 1 spiro atoms. The van der Waals surface area contributed by atoms with Crippen LogP contribution in [0.3, 0.4) is 0 Å². The van der Waals surface area contributed by atoms with Crippen molar-refractivity contribution in [1.82, 2.24) is 10.6 Å². The zero-order valence-electron chi connectivity index (χ0n) is 9.16. The van der Waals surface area contributed by atoms with Crippen molar-refractivity contribution in [2.45, 2.75) is 39.5 Å². The smallest absolute Gasteiger partial charge is 0.000877 e. The zero-order chi connectivity index (χ0) is 9.57. The van der Waals surface area contributed by atoms with Gasteiger partial charge in [0, 0.05) is 6.54 Å². The summed E-state index contributed by atoms with van der Waals surface area (Å²) >= 11 is 0. The van der Waals surface area contributed by atoms with Gasteiger partial charge in [-0.2, -0.15) is 0 Å². The first kappa shape index (κ1) is 11.0. The van der Waals surface area contributed by atoms with Gasteiger partial charge in [-0.3, -0.25) is 0 Å². The van der Waals surface area contributed by atoms with Crippen molar-refractivity contribution in [3.05, 3.63) is 0 Å². The monoisotopic (exact) mass is 184 g/mol. The molecule has 0 bridgehead atoms. The Morgan fingerprint density at radius 2 is 1.54 bits per heavy atom. The molecule has 2 aliphatic rings. The van der Waals surface area contributed by atoms with Crippen LogP contribution >= 0.6 is 0 Å². The standard InChI is InChI=1S/C9H18N2.C2H6/c1-2-9(3-6-10-5-1)4-7-11-8-9;1-2/h10-11H,1-8H2;1-2H3. The summed E-state index contributed by atoms with van der Waals surface area (Å²) in [5.74, 6) is 0. The third-order valence-corrected chi connectivity index (χ3v) is 3.22. The molecule has 0 aromatic rings. The highest BCUT2D eigenvalue weighted by Crippen LogP contribution is 2.35. The Balaban J connectivity index is 0.000000396. The van der Waals surface area contributed by atoms with E-state index in [0.717, 1.165) is 0 Å². The second-order valence-corrected chi connectivity index (χ2v) is 4.03. The summed E-state index contributed by atoms with van der Waals surface area (Å²) in [7, 11) is 0. The van der Waals surface area contributed by atoms with E-state index in [4.69, 9.17) is 0 Å². The predicted molar refractivity (Wildman–Crippen MR) is 58.0 cm³/mol. The highest BCUT2D eigenvalue weighted by molar-refractivity contribution is 4.89. The molecule has 0 aromatic heterocycles. The molecule has 2 heterocycles. The summed E-state index contributed by atoms with van der Waals surface area (Å²) in [5.41, 5.74) is 0.684. The van der Waals surface area contributed by atoms with Crippen LogP contribution in [0.25, 0.3) is 0 Å². The minimum atomic E-state index is 0.684. The van der Waals surface area contributed by atoms with Crippen molar-refractivity contribution in [2.24, 2.45) is 5.41 Å². The number of rotatable bonds is 0. The van der Waals surface area contributed by atoms with E-state index in [-0.39, 0.29) is 0 Å². The fourth-order valence-corrected chi connectivity index (χ4v) is 2.41. The van der Waals surface area contributed by atoms with Gasteiger partial charge in [-0.15, -0.1) is 0 Å². The van der Waals surface area contributed by atoms with E-state index in [1.165, 1.54) is 51.9 Å². The molecular formula is C11H24N2. The van der Waals surface area contributed by atoms with Gasteiger partial charge in [0.2, 0.25) is 0 Å². The first-order valence-electron chi connectivity index (χ1n) is 5.83. The average molecular weight is 184 g/mol.